The quantitative estimate of drug-likeness (QED) is 0.745. The van der Waals surface area contributed by atoms with Crippen molar-refractivity contribution >= 4 is 11.7 Å². The van der Waals surface area contributed by atoms with E-state index in [0.29, 0.717) is 36.0 Å². The Morgan fingerprint density at radius 3 is 2.57 bits per heavy atom. The van der Waals surface area contributed by atoms with Crippen molar-refractivity contribution in [3.05, 3.63) is 0 Å². The molecule has 3 saturated carbocycles. The normalized spacial score (nSPS) is 52.7. The van der Waals surface area contributed by atoms with Crippen LogP contribution in [0.2, 0.25) is 0 Å². The maximum atomic E-state index is 12.4. The van der Waals surface area contributed by atoms with Crippen LogP contribution >= 0.6 is 0 Å². The Hall–Kier alpha value is -0.860. The largest absolute Gasteiger partial charge is 0.353 e. The lowest BCUT2D eigenvalue weighted by molar-refractivity contribution is -0.141. The molecule has 0 bridgehead atoms. The molecule has 3 nitrogen and oxygen atoms in total. The minimum Gasteiger partial charge on any atom is -0.353 e. The van der Waals surface area contributed by atoms with E-state index in [1.54, 1.807) is 0 Å². The zero-order valence-electron chi connectivity index (χ0n) is 13.3. The Morgan fingerprint density at radius 2 is 1.76 bits per heavy atom. The number of hydrogen-bond acceptors (Lipinski definition) is 2. The first-order valence-corrected chi connectivity index (χ1v) is 8.78. The molecule has 3 heteroatoms. The van der Waals surface area contributed by atoms with Crippen LogP contribution < -0.4 is 5.32 Å². The van der Waals surface area contributed by atoms with Crippen molar-refractivity contribution in [1.82, 2.24) is 5.32 Å². The van der Waals surface area contributed by atoms with Gasteiger partial charge < -0.3 is 5.32 Å². The number of ketones is 1. The molecule has 0 aromatic rings. The lowest BCUT2D eigenvalue weighted by Gasteiger charge is -2.59. The molecule has 0 spiro atoms. The molecular weight excluding hydrogens is 262 g/mol. The van der Waals surface area contributed by atoms with E-state index in [0.717, 1.165) is 32.1 Å². The van der Waals surface area contributed by atoms with E-state index in [1.165, 1.54) is 12.8 Å². The van der Waals surface area contributed by atoms with E-state index in [-0.39, 0.29) is 16.7 Å². The number of nitrogens with one attached hydrogen (secondary N) is 1. The van der Waals surface area contributed by atoms with Crippen molar-refractivity contribution in [2.75, 3.05) is 0 Å². The first-order chi connectivity index (χ1) is 9.95. The first-order valence-electron chi connectivity index (χ1n) is 8.78. The number of amides is 1. The number of carbonyl (C=O) groups excluding carboxylic acids is 2. The molecule has 1 amide bonds. The Morgan fingerprint density at radius 1 is 0.952 bits per heavy atom. The van der Waals surface area contributed by atoms with Gasteiger partial charge in [0.1, 0.15) is 5.78 Å². The zero-order chi connectivity index (χ0) is 14.8. The van der Waals surface area contributed by atoms with Crippen LogP contribution in [0.25, 0.3) is 0 Å². The Balaban J connectivity index is 1.65. The molecule has 1 aliphatic heterocycles. The number of Topliss-reactive ketones (excluding diaryl/α,β-unsaturated/α-hetero) is 1. The monoisotopic (exact) mass is 289 g/mol. The maximum absolute atomic E-state index is 12.4. The second-order valence-electron chi connectivity index (χ2n) is 8.50. The van der Waals surface area contributed by atoms with Crippen LogP contribution in [-0.2, 0) is 9.59 Å². The smallest absolute Gasteiger partial charge is 0.220 e. The first kappa shape index (κ1) is 13.8. The van der Waals surface area contributed by atoms with Crippen molar-refractivity contribution < 1.29 is 9.59 Å². The molecule has 116 valence electrons. The van der Waals surface area contributed by atoms with Crippen LogP contribution in [0.1, 0.15) is 65.2 Å². The predicted molar refractivity (Wildman–Crippen MR) is 80.6 cm³/mol. The van der Waals surface area contributed by atoms with Crippen LogP contribution in [0.3, 0.4) is 0 Å². The molecule has 5 unspecified atom stereocenters. The molecule has 1 saturated heterocycles. The van der Waals surface area contributed by atoms with Gasteiger partial charge in [-0.1, -0.05) is 13.8 Å². The van der Waals surface area contributed by atoms with E-state index < -0.39 is 0 Å². The molecule has 0 aromatic heterocycles. The Labute approximate surface area is 127 Å². The highest BCUT2D eigenvalue weighted by atomic mass is 16.1. The fourth-order valence-electron chi connectivity index (χ4n) is 6.47. The number of rotatable bonds is 0. The van der Waals surface area contributed by atoms with Crippen LogP contribution in [-0.4, -0.2) is 17.7 Å². The number of piperidine rings is 1. The minimum absolute atomic E-state index is 0.0255. The summed E-state index contributed by atoms with van der Waals surface area (Å²) in [4.78, 5) is 24.1. The fraction of sp³-hybridized carbons (Fsp3) is 0.889. The SMILES string of the molecule is CC12CCC3C(CC[C@H]4NC(=O)CCC34C)C1CCC2=O. The van der Waals surface area contributed by atoms with E-state index >= 15 is 0 Å². The van der Waals surface area contributed by atoms with E-state index in [2.05, 4.69) is 19.2 Å². The third-order valence-corrected chi connectivity index (χ3v) is 7.80. The molecule has 6 atom stereocenters. The number of hydrogen-bond donors (Lipinski definition) is 1. The van der Waals surface area contributed by atoms with Gasteiger partial charge in [0.2, 0.25) is 5.91 Å². The zero-order valence-corrected chi connectivity index (χ0v) is 13.3. The summed E-state index contributed by atoms with van der Waals surface area (Å²) in [6.07, 6.45) is 8.24. The molecule has 1 heterocycles. The van der Waals surface area contributed by atoms with Gasteiger partial charge in [-0.25, -0.2) is 0 Å². The molecule has 0 radical (unpaired) electrons. The number of carbonyl (C=O) groups is 2. The third-order valence-electron chi connectivity index (χ3n) is 7.80. The van der Waals surface area contributed by atoms with Gasteiger partial charge in [-0.3, -0.25) is 9.59 Å². The van der Waals surface area contributed by atoms with Gasteiger partial charge in [0.25, 0.3) is 0 Å². The summed E-state index contributed by atoms with van der Waals surface area (Å²) in [5.41, 5.74) is 0.242. The average molecular weight is 289 g/mol. The standard InChI is InChI=1S/C18H27NO2/c1-17-10-8-16(21)19-14(17)5-3-11-12-4-6-15(20)18(12,2)9-7-13(11)17/h11-14H,3-10H2,1-2H3,(H,19,21)/t11?,12?,13?,14-,17?,18?/m1/s1. The summed E-state index contributed by atoms with van der Waals surface area (Å²) >= 11 is 0. The summed E-state index contributed by atoms with van der Waals surface area (Å²) in [5, 5.41) is 3.26. The van der Waals surface area contributed by atoms with Crippen molar-refractivity contribution in [3.8, 4) is 0 Å². The van der Waals surface area contributed by atoms with Crippen molar-refractivity contribution in [3.63, 3.8) is 0 Å². The highest BCUT2D eigenvalue weighted by Crippen LogP contribution is 2.62. The second kappa shape index (κ2) is 4.33. The molecular formula is C18H27NO2. The van der Waals surface area contributed by atoms with Crippen LogP contribution in [0.4, 0.5) is 0 Å². The fourth-order valence-corrected chi connectivity index (χ4v) is 6.47. The lowest BCUT2D eigenvalue weighted by atomic mass is 9.48. The van der Waals surface area contributed by atoms with Gasteiger partial charge in [-0.2, -0.15) is 0 Å². The topological polar surface area (TPSA) is 46.2 Å². The Kier molecular flexibility index (Phi) is 2.84. The van der Waals surface area contributed by atoms with E-state index in [1.807, 2.05) is 0 Å². The molecule has 4 fully saturated rings. The lowest BCUT2D eigenvalue weighted by Crippen LogP contribution is -2.61. The van der Waals surface area contributed by atoms with Gasteiger partial charge in [-0.05, 0) is 61.7 Å². The second-order valence-corrected chi connectivity index (χ2v) is 8.50. The summed E-state index contributed by atoms with van der Waals surface area (Å²) in [6.45, 7) is 4.65. The van der Waals surface area contributed by atoms with Gasteiger partial charge in [0.15, 0.2) is 0 Å². The predicted octanol–water partition coefficient (Wildman–Crippen LogP) is 3.08. The van der Waals surface area contributed by atoms with Gasteiger partial charge in [0, 0.05) is 24.3 Å². The molecule has 0 aromatic carbocycles. The highest BCUT2D eigenvalue weighted by Gasteiger charge is 2.60. The van der Waals surface area contributed by atoms with Crippen LogP contribution in [0, 0.1) is 28.6 Å². The van der Waals surface area contributed by atoms with Crippen molar-refractivity contribution in [2.45, 2.75) is 71.3 Å². The van der Waals surface area contributed by atoms with Crippen molar-refractivity contribution in [1.29, 1.82) is 0 Å². The summed E-state index contributed by atoms with van der Waals surface area (Å²) in [5.74, 6) is 2.80. The van der Waals surface area contributed by atoms with Crippen LogP contribution in [0.15, 0.2) is 0 Å². The van der Waals surface area contributed by atoms with Gasteiger partial charge in [0.05, 0.1) is 0 Å². The summed E-state index contributed by atoms with van der Waals surface area (Å²) < 4.78 is 0. The highest BCUT2D eigenvalue weighted by molar-refractivity contribution is 5.87. The minimum atomic E-state index is -0.0255. The van der Waals surface area contributed by atoms with Crippen molar-refractivity contribution in [2.24, 2.45) is 28.6 Å². The van der Waals surface area contributed by atoms with Gasteiger partial charge in [-0.15, -0.1) is 0 Å². The molecule has 21 heavy (non-hydrogen) atoms. The van der Waals surface area contributed by atoms with E-state index in [9.17, 15) is 9.59 Å². The summed E-state index contributed by atoms with van der Waals surface area (Å²) in [7, 11) is 0. The molecule has 3 aliphatic carbocycles. The maximum Gasteiger partial charge on any atom is 0.220 e. The summed E-state index contributed by atoms with van der Waals surface area (Å²) in [6, 6.07) is 0.376. The third kappa shape index (κ3) is 1.72. The molecule has 1 N–H and O–H groups in total. The number of fused-ring (bicyclic) bond motifs is 5. The molecule has 4 aliphatic rings. The molecule has 4 rings (SSSR count). The van der Waals surface area contributed by atoms with Gasteiger partial charge >= 0.3 is 0 Å². The Bertz CT molecular complexity index is 501. The van der Waals surface area contributed by atoms with Crippen LogP contribution in [0.5, 0.6) is 0 Å². The van der Waals surface area contributed by atoms with E-state index in [4.69, 9.17) is 0 Å². The average Bonchev–Trinajstić information content (AvgIpc) is 2.76.